The highest BCUT2D eigenvalue weighted by Crippen LogP contribution is 2.20. The Labute approximate surface area is 37.6 Å². The van der Waals surface area contributed by atoms with Crippen molar-refractivity contribution in [2.24, 2.45) is 0 Å². The van der Waals surface area contributed by atoms with Crippen LogP contribution in [0.4, 0.5) is 0 Å². The molecule has 2 atom stereocenters. The molecule has 0 saturated carbocycles. The molecule has 0 aromatic rings. The van der Waals surface area contributed by atoms with Crippen LogP contribution in [0.15, 0.2) is 12.7 Å². The number of ether oxygens (including phenoxy) is 1. The largest absolute Gasteiger partial charge is 0.365 e. The van der Waals surface area contributed by atoms with Gasteiger partial charge in [-0.25, -0.2) is 0 Å². The Balaban J connectivity index is 2.25. The number of hydrogen-bond donors (Lipinski definition) is 0. The summed E-state index contributed by atoms with van der Waals surface area (Å²) in [5.74, 6) is 0. The molecule has 1 aliphatic rings. The van der Waals surface area contributed by atoms with Crippen LogP contribution < -0.4 is 0 Å². The van der Waals surface area contributed by atoms with E-state index in [-0.39, 0.29) is 0 Å². The van der Waals surface area contributed by atoms with Crippen molar-refractivity contribution >= 4 is 0 Å². The minimum atomic E-state index is 0.366. The van der Waals surface area contributed by atoms with E-state index in [1.165, 1.54) is 0 Å². The molecule has 1 saturated heterocycles. The molecule has 1 nitrogen and oxygen atoms in total. The summed E-state index contributed by atoms with van der Waals surface area (Å²) in [7, 11) is 0. The minimum absolute atomic E-state index is 0.366. The molecule has 0 spiro atoms. The molecule has 1 aliphatic heterocycles. The molecule has 0 radical (unpaired) electrons. The lowest BCUT2D eigenvalue weighted by molar-refractivity contribution is 0.400. The molecule has 34 valence electrons. The van der Waals surface area contributed by atoms with E-state index in [1.54, 1.807) is 0 Å². The van der Waals surface area contributed by atoms with Gasteiger partial charge in [-0.3, -0.25) is 0 Å². The predicted molar refractivity (Wildman–Crippen MR) is 24.5 cm³/mol. The fraction of sp³-hybridized carbons (Fsp3) is 0.600. The minimum Gasteiger partial charge on any atom is -0.365 e. The maximum absolute atomic E-state index is 4.95. The summed E-state index contributed by atoms with van der Waals surface area (Å²) in [6.07, 6.45) is 2.64. The highest BCUT2D eigenvalue weighted by atomic mass is 16.6. The van der Waals surface area contributed by atoms with Gasteiger partial charge in [0.1, 0.15) is 6.10 Å². The lowest BCUT2D eigenvalue weighted by Gasteiger charge is -1.63. The van der Waals surface area contributed by atoms with Crippen molar-refractivity contribution in [3.63, 3.8) is 0 Å². The monoisotopic (exact) mass is 84.1 g/mol. The molecule has 1 heterocycles. The van der Waals surface area contributed by atoms with E-state index in [9.17, 15) is 0 Å². The molecule has 0 aromatic heterocycles. The Kier molecular flexibility index (Phi) is 0.701. The van der Waals surface area contributed by atoms with Crippen molar-refractivity contribution in [2.75, 3.05) is 0 Å². The van der Waals surface area contributed by atoms with Crippen molar-refractivity contribution in [3.05, 3.63) is 12.7 Å². The van der Waals surface area contributed by atoms with E-state index >= 15 is 0 Å². The van der Waals surface area contributed by atoms with E-state index in [0.717, 1.165) is 0 Å². The first-order chi connectivity index (χ1) is 2.84. The van der Waals surface area contributed by atoms with Crippen LogP contribution in [0.2, 0.25) is 0 Å². The summed E-state index contributed by atoms with van der Waals surface area (Å²) in [5, 5.41) is 0. The SMILES string of the molecule is C=CC1OC1C. The van der Waals surface area contributed by atoms with Crippen molar-refractivity contribution < 1.29 is 4.74 Å². The van der Waals surface area contributed by atoms with Gasteiger partial charge >= 0.3 is 0 Å². The Bertz CT molecular complexity index is 68.3. The van der Waals surface area contributed by atoms with E-state index in [2.05, 4.69) is 6.58 Å². The number of hydrogen-bond acceptors (Lipinski definition) is 1. The zero-order chi connectivity index (χ0) is 4.57. The Hall–Kier alpha value is -0.300. The quantitative estimate of drug-likeness (QED) is 0.340. The zero-order valence-corrected chi connectivity index (χ0v) is 3.85. The first kappa shape index (κ1) is 3.88. The van der Waals surface area contributed by atoms with E-state index < -0.39 is 0 Å². The van der Waals surface area contributed by atoms with Gasteiger partial charge in [-0.15, -0.1) is 6.58 Å². The molecule has 0 N–H and O–H groups in total. The van der Waals surface area contributed by atoms with Crippen molar-refractivity contribution in [1.82, 2.24) is 0 Å². The van der Waals surface area contributed by atoms with E-state index in [1.807, 2.05) is 13.0 Å². The maximum atomic E-state index is 4.95. The van der Waals surface area contributed by atoms with Gasteiger partial charge in [0.05, 0.1) is 6.10 Å². The van der Waals surface area contributed by atoms with Crippen LogP contribution in [0.3, 0.4) is 0 Å². The molecule has 6 heavy (non-hydrogen) atoms. The molecule has 0 aromatic carbocycles. The third-order valence-corrected chi connectivity index (χ3v) is 0.990. The van der Waals surface area contributed by atoms with Crippen LogP contribution in [0.5, 0.6) is 0 Å². The second-order valence-electron chi connectivity index (χ2n) is 1.54. The molecule has 2 unspecified atom stereocenters. The van der Waals surface area contributed by atoms with Crippen molar-refractivity contribution in [1.29, 1.82) is 0 Å². The summed E-state index contributed by atoms with van der Waals surface area (Å²) >= 11 is 0. The zero-order valence-electron chi connectivity index (χ0n) is 3.85. The summed E-state index contributed by atoms with van der Waals surface area (Å²) < 4.78 is 4.95. The van der Waals surface area contributed by atoms with Crippen LogP contribution >= 0.6 is 0 Å². The molecule has 1 heteroatoms. The maximum Gasteiger partial charge on any atom is 0.102 e. The highest BCUT2D eigenvalue weighted by Gasteiger charge is 2.30. The summed E-state index contributed by atoms with van der Waals surface area (Å²) in [6.45, 7) is 5.58. The molecular weight excluding hydrogens is 76.1 g/mol. The van der Waals surface area contributed by atoms with E-state index in [0.29, 0.717) is 12.2 Å². The van der Waals surface area contributed by atoms with Crippen LogP contribution in [0, 0.1) is 0 Å². The molecule has 0 bridgehead atoms. The van der Waals surface area contributed by atoms with Gasteiger partial charge in [0.25, 0.3) is 0 Å². The smallest absolute Gasteiger partial charge is 0.102 e. The van der Waals surface area contributed by atoms with E-state index in [4.69, 9.17) is 4.74 Å². The fourth-order valence-electron chi connectivity index (χ4n) is 0.450. The number of rotatable bonds is 1. The summed E-state index contributed by atoms with van der Waals surface area (Å²) in [6, 6.07) is 0. The summed E-state index contributed by atoms with van der Waals surface area (Å²) in [5.41, 5.74) is 0. The van der Waals surface area contributed by atoms with Gasteiger partial charge in [-0.2, -0.15) is 0 Å². The van der Waals surface area contributed by atoms with Crippen molar-refractivity contribution in [3.8, 4) is 0 Å². The molecule has 1 fully saturated rings. The van der Waals surface area contributed by atoms with Crippen LogP contribution in [0.1, 0.15) is 6.92 Å². The van der Waals surface area contributed by atoms with Crippen molar-refractivity contribution in [2.45, 2.75) is 19.1 Å². The Morgan fingerprint density at radius 1 is 1.83 bits per heavy atom. The first-order valence-corrected chi connectivity index (χ1v) is 2.12. The second-order valence-corrected chi connectivity index (χ2v) is 1.54. The molecule has 0 amide bonds. The van der Waals surface area contributed by atoms with Gasteiger partial charge in [0, 0.05) is 0 Å². The standard InChI is InChI=1S/C5H8O/c1-3-5-4(2)6-5/h3-5H,1H2,2H3. The van der Waals surface area contributed by atoms with Crippen LogP contribution in [0.25, 0.3) is 0 Å². The van der Waals surface area contributed by atoms with Gasteiger partial charge in [-0.05, 0) is 6.92 Å². The normalized spacial score (nSPS) is 42.2. The topological polar surface area (TPSA) is 12.5 Å². The van der Waals surface area contributed by atoms with Crippen LogP contribution in [-0.4, -0.2) is 12.2 Å². The molecule has 0 aliphatic carbocycles. The average molecular weight is 84.1 g/mol. The average Bonchev–Trinajstić information content (AvgIpc) is 2.19. The third kappa shape index (κ3) is 0.455. The van der Waals surface area contributed by atoms with Gasteiger partial charge < -0.3 is 4.74 Å². The first-order valence-electron chi connectivity index (χ1n) is 2.12. The highest BCUT2D eigenvalue weighted by molar-refractivity contribution is 4.95. The Morgan fingerprint density at radius 3 is 2.33 bits per heavy atom. The lowest BCUT2D eigenvalue weighted by Crippen LogP contribution is -1.77. The van der Waals surface area contributed by atoms with Crippen LogP contribution in [-0.2, 0) is 4.74 Å². The van der Waals surface area contributed by atoms with Gasteiger partial charge in [0.15, 0.2) is 0 Å². The second kappa shape index (κ2) is 1.09. The van der Waals surface area contributed by atoms with Gasteiger partial charge in [0.2, 0.25) is 0 Å². The third-order valence-electron chi connectivity index (χ3n) is 0.990. The Morgan fingerprint density at radius 2 is 2.33 bits per heavy atom. The fourth-order valence-corrected chi connectivity index (χ4v) is 0.450. The summed E-state index contributed by atoms with van der Waals surface area (Å²) in [4.78, 5) is 0. The molecule has 1 rings (SSSR count). The predicted octanol–water partition coefficient (Wildman–Crippen LogP) is 0.960. The van der Waals surface area contributed by atoms with Gasteiger partial charge in [-0.1, -0.05) is 6.08 Å². The molecular formula is C5H8O. The lowest BCUT2D eigenvalue weighted by atomic mass is 10.3. The number of epoxide rings is 1.